The van der Waals surface area contributed by atoms with Gasteiger partial charge in [0.15, 0.2) is 0 Å². The Hall–Kier alpha value is -2.03. The van der Waals surface area contributed by atoms with Gasteiger partial charge in [-0.15, -0.1) is 0 Å². The van der Waals surface area contributed by atoms with Gasteiger partial charge < -0.3 is 4.74 Å². The van der Waals surface area contributed by atoms with E-state index in [1.165, 1.54) is 0 Å². The molecule has 4 rings (SSSR count). The maximum absolute atomic E-state index is 13.8. The Bertz CT molecular complexity index is 1280. The van der Waals surface area contributed by atoms with Gasteiger partial charge in [-0.05, 0) is 60.7 Å². The molecule has 0 aromatic heterocycles. The molecule has 244 valence electrons. The second-order valence-electron chi connectivity index (χ2n) is 13.5. The summed E-state index contributed by atoms with van der Waals surface area (Å²) < 4.78 is 116. The van der Waals surface area contributed by atoms with Gasteiger partial charge >= 0.3 is 23.9 Å². The molecule has 0 heterocycles. The van der Waals surface area contributed by atoms with E-state index in [0.717, 1.165) is 0 Å². The zero-order chi connectivity index (χ0) is 32.6. The molecular formula is C28H36F6O8S. The normalized spacial score (nSPS) is 36.0. The predicted molar refractivity (Wildman–Crippen MR) is 137 cm³/mol. The van der Waals surface area contributed by atoms with E-state index in [2.05, 4.69) is 11.7 Å². The van der Waals surface area contributed by atoms with Gasteiger partial charge in [0.2, 0.25) is 0 Å². The number of rotatable bonds is 7. The quantitative estimate of drug-likeness (QED) is 0.225. The minimum absolute atomic E-state index is 0.0113. The summed E-state index contributed by atoms with van der Waals surface area (Å²) in [7, 11) is -5.89. The lowest BCUT2D eigenvalue weighted by Gasteiger charge is -2.58. The van der Waals surface area contributed by atoms with Gasteiger partial charge in [0, 0.05) is 43.4 Å². The average Bonchev–Trinajstić information content (AvgIpc) is 3.20. The van der Waals surface area contributed by atoms with E-state index in [9.17, 15) is 53.9 Å². The number of fused-ring (bicyclic) bond motifs is 5. The predicted octanol–water partition coefficient (Wildman–Crippen LogP) is 5.28. The Kier molecular flexibility index (Phi) is 8.50. The van der Waals surface area contributed by atoms with Crippen molar-refractivity contribution >= 4 is 33.4 Å². The lowest BCUT2D eigenvalue weighted by atomic mass is 9.44. The molecule has 4 saturated carbocycles. The van der Waals surface area contributed by atoms with Crippen LogP contribution in [-0.4, -0.2) is 60.0 Å². The van der Waals surface area contributed by atoms with Gasteiger partial charge in [-0.2, -0.15) is 34.8 Å². The molecule has 1 unspecified atom stereocenters. The molecule has 0 saturated heterocycles. The summed E-state index contributed by atoms with van der Waals surface area (Å²) in [5, 5.41) is 0. The van der Waals surface area contributed by atoms with Crippen molar-refractivity contribution in [2.75, 3.05) is 5.75 Å². The Morgan fingerprint density at radius 1 is 1.00 bits per heavy atom. The van der Waals surface area contributed by atoms with Gasteiger partial charge in [-0.25, -0.2) is 0 Å². The van der Waals surface area contributed by atoms with Crippen LogP contribution in [0.15, 0.2) is 0 Å². The first-order valence-corrected chi connectivity index (χ1v) is 16.0. The summed E-state index contributed by atoms with van der Waals surface area (Å²) >= 11 is 0. The number of alkyl halides is 6. The molecule has 0 bridgehead atoms. The number of esters is 1. The van der Waals surface area contributed by atoms with Crippen molar-refractivity contribution in [3.63, 3.8) is 0 Å². The molecular weight excluding hydrogens is 610 g/mol. The number of ketones is 3. The standard InChI is InChI=1S/C28H36F6O8S/c1-14(4-7-22(38)42-26(27(29,30)31,28(32,33)34)13-43(39,40)41)17-5-6-18-23-19(12-21(37)25(17,18)3)24(2)9-8-16(35)10-15(24)11-20(23)36/h14-15,17-19,23H,4-13H2,1-3H3,(H,39,40,41)/t14-,15?,17-,18+,19+,23+,24+,25-/m1/s1. The number of ether oxygens (including phenoxy) is 1. The van der Waals surface area contributed by atoms with Crippen LogP contribution in [0.1, 0.15) is 78.6 Å². The molecule has 0 aliphatic heterocycles. The number of carbonyl (C=O) groups excluding carboxylic acids is 4. The molecule has 43 heavy (non-hydrogen) atoms. The van der Waals surface area contributed by atoms with Crippen LogP contribution in [0.25, 0.3) is 0 Å². The minimum atomic E-state index is -6.41. The number of hydrogen-bond donors (Lipinski definition) is 1. The van der Waals surface area contributed by atoms with E-state index in [0.29, 0.717) is 32.1 Å². The number of Topliss-reactive ketones (excluding diaryl/α,β-unsaturated/α-hetero) is 3. The fourth-order valence-electron chi connectivity index (χ4n) is 8.91. The van der Waals surface area contributed by atoms with Gasteiger partial charge in [0.05, 0.1) is 0 Å². The summed E-state index contributed by atoms with van der Waals surface area (Å²) in [4.78, 5) is 51.8. The maximum atomic E-state index is 13.8. The summed E-state index contributed by atoms with van der Waals surface area (Å²) in [5.41, 5.74) is -6.81. The third-order valence-corrected chi connectivity index (χ3v) is 12.1. The van der Waals surface area contributed by atoms with Crippen molar-refractivity contribution in [2.45, 2.75) is 96.5 Å². The molecule has 4 aliphatic carbocycles. The van der Waals surface area contributed by atoms with Crippen LogP contribution < -0.4 is 0 Å². The topological polar surface area (TPSA) is 132 Å². The molecule has 0 aromatic carbocycles. The molecule has 0 radical (unpaired) electrons. The Morgan fingerprint density at radius 2 is 1.60 bits per heavy atom. The van der Waals surface area contributed by atoms with Crippen molar-refractivity contribution in [2.24, 2.45) is 46.3 Å². The van der Waals surface area contributed by atoms with Crippen LogP contribution in [0.5, 0.6) is 0 Å². The lowest BCUT2D eigenvalue weighted by molar-refractivity contribution is -0.361. The van der Waals surface area contributed by atoms with Gasteiger partial charge in [-0.3, -0.25) is 23.7 Å². The van der Waals surface area contributed by atoms with Crippen LogP contribution in [0.2, 0.25) is 0 Å². The maximum Gasteiger partial charge on any atom is 0.438 e. The number of hydrogen-bond acceptors (Lipinski definition) is 7. The van der Waals surface area contributed by atoms with Crippen molar-refractivity contribution in [3.8, 4) is 0 Å². The summed E-state index contributed by atoms with van der Waals surface area (Å²) in [6.07, 6.45) is -11.4. The summed E-state index contributed by atoms with van der Waals surface area (Å²) in [6, 6.07) is 0. The zero-order valence-corrected chi connectivity index (χ0v) is 24.8. The Morgan fingerprint density at radius 3 is 2.16 bits per heavy atom. The van der Waals surface area contributed by atoms with Gasteiger partial charge in [0.1, 0.15) is 23.1 Å². The monoisotopic (exact) mass is 646 g/mol. The van der Waals surface area contributed by atoms with E-state index in [1.54, 1.807) is 13.8 Å². The van der Waals surface area contributed by atoms with Crippen LogP contribution >= 0.6 is 0 Å². The third-order valence-electron chi connectivity index (χ3n) is 11.3. The highest BCUT2D eigenvalue weighted by atomic mass is 32.2. The molecule has 4 aliphatic rings. The SMILES string of the molecule is C[C@H](CCC(=O)OC(CS(=O)(=O)O)(C(F)(F)F)C(F)(F)F)[C@H]1CC[C@H]2[C@@H]3C(=O)CC4CC(=O)CC[C@]4(C)[C@H]3CC(=O)[C@]12C. The largest absolute Gasteiger partial charge is 0.438 e. The van der Waals surface area contributed by atoms with Gasteiger partial charge in [-0.1, -0.05) is 20.8 Å². The van der Waals surface area contributed by atoms with Crippen LogP contribution in [0, 0.1) is 46.3 Å². The molecule has 4 fully saturated rings. The Balaban J connectivity index is 1.51. The van der Waals surface area contributed by atoms with Crippen LogP contribution in [-0.2, 0) is 34.0 Å². The average molecular weight is 647 g/mol. The highest BCUT2D eigenvalue weighted by Crippen LogP contribution is 2.66. The lowest BCUT2D eigenvalue weighted by Crippen LogP contribution is -2.63. The molecule has 0 aromatic rings. The van der Waals surface area contributed by atoms with Crippen molar-refractivity contribution in [1.82, 2.24) is 0 Å². The van der Waals surface area contributed by atoms with E-state index < -0.39 is 69.4 Å². The first-order chi connectivity index (χ1) is 19.5. The van der Waals surface area contributed by atoms with E-state index >= 15 is 0 Å². The molecule has 1 N–H and O–H groups in total. The molecule has 15 heteroatoms. The van der Waals surface area contributed by atoms with Crippen molar-refractivity contribution < 1.29 is 63.2 Å². The number of halogens is 6. The van der Waals surface area contributed by atoms with Crippen LogP contribution in [0.4, 0.5) is 26.3 Å². The second-order valence-corrected chi connectivity index (χ2v) is 14.9. The zero-order valence-electron chi connectivity index (χ0n) is 24.0. The Labute approximate surface area is 245 Å². The highest BCUT2D eigenvalue weighted by Gasteiger charge is 2.76. The molecule has 8 atom stereocenters. The molecule has 8 nitrogen and oxygen atoms in total. The first kappa shape index (κ1) is 33.9. The van der Waals surface area contributed by atoms with E-state index in [-0.39, 0.29) is 59.8 Å². The van der Waals surface area contributed by atoms with Gasteiger partial charge in [0.25, 0.3) is 10.1 Å². The fraction of sp³-hybridized carbons (Fsp3) is 0.857. The summed E-state index contributed by atoms with van der Waals surface area (Å²) in [5.74, 6) is -6.91. The fourth-order valence-corrected chi connectivity index (χ4v) is 9.81. The highest BCUT2D eigenvalue weighted by molar-refractivity contribution is 7.85. The van der Waals surface area contributed by atoms with Crippen molar-refractivity contribution in [3.05, 3.63) is 0 Å². The molecule has 0 spiro atoms. The summed E-state index contributed by atoms with van der Waals surface area (Å²) in [6.45, 7) is 5.42. The smallest absolute Gasteiger partial charge is 0.438 e. The van der Waals surface area contributed by atoms with Crippen LogP contribution in [0.3, 0.4) is 0 Å². The molecule has 0 amide bonds. The third kappa shape index (κ3) is 5.65. The minimum Gasteiger partial charge on any atom is -0.438 e. The van der Waals surface area contributed by atoms with E-state index in [4.69, 9.17) is 4.55 Å². The second kappa shape index (κ2) is 10.8. The first-order valence-electron chi connectivity index (χ1n) is 14.4. The number of carbonyl (C=O) groups is 4. The van der Waals surface area contributed by atoms with E-state index in [1.807, 2.05) is 0 Å². The van der Waals surface area contributed by atoms with Crippen molar-refractivity contribution in [1.29, 1.82) is 0 Å².